The minimum atomic E-state index is -3.60. The van der Waals surface area contributed by atoms with E-state index < -0.39 is 10.0 Å². The highest BCUT2D eigenvalue weighted by molar-refractivity contribution is 7.98. The van der Waals surface area contributed by atoms with Gasteiger partial charge in [-0.25, -0.2) is 13.1 Å². The van der Waals surface area contributed by atoms with Gasteiger partial charge in [0.2, 0.25) is 15.9 Å². The number of hydrogen-bond donors (Lipinski definition) is 2. The van der Waals surface area contributed by atoms with Crippen molar-refractivity contribution < 1.29 is 13.2 Å². The van der Waals surface area contributed by atoms with Crippen LogP contribution >= 0.6 is 11.8 Å². The van der Waals surface area contributed by atoms with E-state index in [2.05, 4.69) is 23.9 Å². The van der Waals surface area contributed by atoms with E-state index in [1.807, 2.05) is 6.26 Å². The molecule has 0 bridgehead atoms. The van der Waals surface area contributed by atoms with Gasteiger partial charge in [-0.2, -0.15) is 0 Å². The molecule has 2 N–H and O–H groups in total. The molecule has 0 aliphatic rings. The summed E-state index contributed by atoms with van der Waals surface area (Å²) in [4.78, 5) is 13.0. The highest BCUT2D eigenvalue weighted by Gasteiger charge is 2.19. The highest BCUT2D eigenvalue weighted by atomic mass is 32.2. The number of thioether (sulfide) groups is 1. The predicted molar refractivity (Wildman–Crippen MR) is 110 cm³/mol. The molecule has 0 heterocycles. The molecule has 0 aromatic heterocycles. The molecule has 1 amide bonds. The van der Waals surface area contributed by atoms with Gasteiger partial charge < -0.3 is 5.32 Å². The van der Waals surface area contributed by atoms with Crippen molar-refractivity contribution in [3.8, 4) is 0 Å². The molecule has 1 atom stereocenters. The molecule has 0 aliphatic heterocycles. The fourth-order valence-corrected chi connectivity index (χ4v) is 4.16. The highest BCUT2D eigenvalue weighted by Crippen LogP contribution is 2.28. The van der Waals surface area contributed by atoms with Gasteiger partial charge in [-0.1, -0.05) is 47.0 Å². The van der Waals surface area contributed by atoms with Crippen molar-refractivity contribution in [2.24, 2.45) is 11.8 Å². The van der Waals surface area contributed by atoms with Crippen LogP contribution in [0.1, 0.15) is 53.4 Å². The quantitative estimate of drug-likeness (QED) is 0.536. The summed E-state index contributed by atoms with van der Waals surface area (Å²) in [5, 5.41) is 2.83. The first-order valence-corrected chi connectivity index (χ1v) is 11.9. The van der Waals surface area contributed by atoms with Gasteiger partial charge >= 0.3 is 0 Å². The fourth-order valence-electron chi connectivity index (χ4n) is 2.48. The third-order valence-corrected chi connectivity index (χ3v) is 6.59. The minimum Gasteiger partial charge on any atom is -0.325 e. The van der Waals surface area contributed by atoms with Crippen LogP contribution in [-0.4, -0.2) is 27.1 Å². The van der Waals surface area contributed by atoms with E-state index in [0.717, 1.165) is 30.6 Å². The van der Waals surface area contributed by atoms with Crippen molar-refractivity contribution in [2.45, 2.75) is 63.2 Å². The molecule has 1 aromatic carbocycles. The van der Waals surface area contributed by atoms with Crippen LogP contribution in [-0.2, 0) is 14.8 Å². The Balaban J connectivity index is 2.96. The van der Waals surface area contributed by atoms with Gasteiger partial charge in [0, 0.05) is 17.4 Å². The lowest BCUT2D eigenvalue weighted by Crippen LogP contribution is -2.29. The minimum absolute atomic E-state index is 0.131. The molecule has 0 fully saturated rings. The zero-order chi connectivity index (χ0) is 19.7. The summed E-state index contributed by atoms with van der Waals surface area (Å²) in [5.74, 6) is 0.0377. The topological polar surface area (TPSA) is 75.3 Å². The van der Waals surface area contributed by atoms with Gasteiger partial charge in [0.05, 0.1) is 10.6 Å². The van der Waals surface area contributed by atoms with E-state index in [1.165, 1.54) is 11.8 Å². The van der Waals surface area contributed by atoms with Gasteiger partial charge in [-0.3, -0.25) is 4.79 Å². The predicted octanol–water partition coefficient (Wildman–Crippen LogP) is 4.50. The van der Waals surface area contributed by atoms with Crippen LogP contribution < -0.4 is 10.0 Å². The maximum absolute atomic E-state index is 12.7. The summed E-state index contributed by atoms with van der Waals surface area (Å²) in [5.41, 5.74) is 0.539. The molecule has 0 saturated carbocycles. The van der Waals surface area contributed by atoms with Crippen molar-refractivity contribution >= 4 is 33.4 Å². The smallest absolute Gasteiger partial charge is 0.240 e. The number of benzene rings is 1. The second-order valence-corrected chi connectivity index (χ2v) is 9.39. The molecule has 0 saturated heterocycles. The van der Waals surface area contributed by atoms with Crippen LogP contribution in [0.25, 0.3) is 0 Å². The molecule has 1 aromatic rings. The average Bonchev–Trinajstić information content (AvgIpc) is 2.61. The number of carbonyl (C=O) groups is 1. The lowest BCUT2D eigenvalue weighted by molar-refractivity contribution is -0.118. The molecule has 5 nitrogen and oxygen atoms in total. The fraction of sp³-hybridized carbons (Fsp3) is 0.632. The van der Waals surface area contributed by atoms with Crippen LogP contribution in [0.3, 0.4) is 0 Å². The first kappa shape index (κ1) is 23.0. The molecule has 0 aliphatic carbocycles. The SMILES string of the molecule is CCCCC(CC)CNS(=O)(=O)c1ccc(SC)c(NC(=O)C(C)C)c1. The van der Waals surface area contributed by atoms with E-state index >= 15 is 0 Å². The Morgan fingerprint density at radius 3 is 2.46 bits per heavy atom. The number of carbonyl (C=O) groups excluding carboxylic acids is 1. The molecule has 1 unspecified atom stereocenters. The first-order chi connectivity index (χ1) is 12.2. The van der Waals surface area contributed by atoms with Crippen molar-refractivity contribution in [3.63, 3.8) is 0 Å². The summed E-state index contributed by atoms with van der Waals surface area (Å²) in [6.45, 7) is 8.27. The number of anilines is 1. The lowest BCUT2D eigenvalue weighted by Gasteiger charge is -2.17. The van der Waals surface area contributed by atoms with Crippen LogP contribution in [0.2, 0.25) is 0 Å². The average molecular weight is 401 g/mol. The molecular weight excluding hydrogens is 368 g/mol. The van der Waals surface area contributed by atoms with E-state index in [0.29, 0.717) is 18.2 Å². The number of nitrogens with one attached hydrogen (secondary N) is 2. The summed E-state index contributed by atoms with van der Waals surface area (Å²) in [6.07, 6.45) is 6.08. The molecule has 0 spiro atoms. The van der Waals surface area contributed by atoms with E-state index in [-0.39, 0.29) is 16.7 Å². The maximum atomic E-state index is 12.7. The second-order valence-electron chi connectivity index (χ2n) is 6.77. The standard InChI is InChI=1S/C19H32N2O3S2/c1-6-8-9-15(7-2)13-20-26(23,24)16-10-11-18(25-5)17(12-16)21-19(22)14(3)4/h10-12,14-15,20H,6-9,13H2,1-5H3,(H,21,22). The van der Waals surface area contributed by atoms with Crippen LogP contribution in [0.4, 0.5) is 5.69 Å². The Hall–Kier alpha value is -1.05. The zero-order valence-corrected chi connectivity index (χ0v) is 18.1. The monoisotopic (exact) mass is 400 g/mol. The molecule has 148 valence electrons. The normalized spacial score (nSPS) is 13.0. The Kier molecular flexibility index (Phi) is 9.68. The third-order valence-electron chi connectivity index (χ3n) is 4.37. The van der Waals surface area contributed by atoms with Gasteiger partial charge in [0.1, 0.15) is 0 Å². The Morgan fingerprint density at radius 1 is 1.23 bits per heavy atom. The number of sulfonamides is 1. The van der Waals surface area contributed by atoms with Crippen molar-refractivity contribution in [1.29, 1.82) is 0 Å². The summed E-state index contributed by atoms with van der Waals surface area (Å²) < 4.78 is 28.1. The van der Waals surface area contributed by atoms with E-state index in [9.17, 15) is 13.2 Å². The van der Waals surface area contributed by atoms with E-state index in [4.69, 9.17) is 0 Å². The van der Waals surface area contributed by atoms with Gasteiger partial charge in [0.15, 0.2) is 0 Å². The van der Waals surface area contributed by atoms with E-state index in [1.54, 1.807) is 32.0 Å². The van der Waals surface area contributed by atoms with Crippen LogP contribution in [0.15, 0.2) is 28.0 Å². The first-order valence-electron chi connectivity index (χ1n) is 9.23. The number of unbranched alkanes of at least 4 members (excludes halogenated alkanes) is 1. The maximum Gasteiger partial charge on any atom is 0.240 e. The molecule has 26 heavy (non-hydrogen) atoms. The molecular formula is C19H32N2O3S2. The number of rotatable bonds is 11. The zero-order valence-electron chi connectivity index (χ0n) is 16.5. The second kappa shape index (κ2) is 10.9. The van der Waals surface area contributed by atoms with Crippen LogP contribution in [0, 0.1) is 11.8 Å². The molecule has 1 rings (SSSR count). The van der Waals surface area contributed by atoms with Gasteiger partial charge in [-0.15, -0.1) is 11.8 Å². The summed E-state index contributed by atoms with van der Waals surface area (Å²) >= 11 is 1.47. The van der Waals surface area contributed by atoms with Crippen molar-refractivity contribution in [1.82, 2.24) is 4.72 Å². The summed E-state index contributed by atoms with van der Waals surface area (Å²) in [6, 6.07) is 4.87. The van der Waals surface area contributed by atoms with Crippen molar-refractivity contribution in [2.75, 3.05) is 18.1 Å². The molecule has 0 radical (unpaired) electrons. The Bertz CT molecular complexity index is 688. The third kappa shape index (κ3) is 6.93. The Morgan fingerprint density at radius 2 is 1.92 bits per heavy atom. The molecule has 7 heteroatoms. The van der Waals surface area contributed by atoms with Gasteiger partial charge in [-0.05, 0) is 36.8 Å². The summed E-state index contributed by atoms with van der Waals surface area (Å²) in [7, 11) is -3.60. The van der Waals surface area contributed by atoms with Gasteiger partial charge in [0.25, 0.3) is 0 Å². The lowest BCUT2D eigenvalue weighted by atomic mass is 10.00. The van der Waals surface area contributed by atoms with Crippen LogP contribution in [0.5, 0.6) is 0 Å². The van der Waals surface area contributed by atoms with Crippen molar-refractivity contribution in [3.05, 3.63) is 18.2 Å². The largest absolute Gasteiger partial charge is 0.325 e. The number of hydrogen-bond acceptors (Lipinski definition) is 4. The Labute approximate surface area is 162 Å². The number of amides is 1.